The summed E-state index contributed by atoms with van der Waals surface area (Å²) in [7, 11) is 0. The van der Waals surface area contributed by atoms with E-state index in [-0.39, 0.29) is 17.1 Å². The Morgan fingerprint density at radius 3 is 2.25 bits per heavy atom. The van der Waals surface area contributed by atoms with Crippen molar-refractivity contribution in [2.45, 2.75) is 51.9 Å². The zero-order valence-electron chi connectivity index (χ0n) is 12.0. The number of carbonyl (C=O) groups excluding carboxylic acids is 1. The van der Waals surface area contributed by atoms with E-state index in [1.807, 2.05) is 6.92 Å². The van der Waals surface area contributed by atoms with Gasteiger partial charge in [0.2, 0.25) is 0 Å². The summed E-state index contributed by atoms with van der Waals surface area (Å²) in [5, 5.41) is 0. The molecule has 1 nitrogen and oxygen atoms in total. The van der Waals surface area contributed by atoms with Crippen molar-refractivity contribution in [1.29, 1.82) is 0 Å². The molecule has 3 fully saturated rings. The van der Waals surface area contributed by atoms with Gasteiger partial charge < -0.3 is 0 Å². The Morgan fingerprint density at radius 1 is 1.20 bits per heavy atom. The molecule has 0 heterocycles. The molecule has 0 saturated heterocycles. The van der Waals surface area contributed by atoms with Gasteiger partial charge in [0, 0.05) is 17.9 Å². The van der Waals surface area contributed by atoms with Gasteiger partial charge in [-0.25, -0.2) is 8.78 Å². The molecule has 0 aromatic heterocycles. The summed E-state index contributed by atoms with van der Waals surface area (Å²) in [6.45, 7) is 4.05. The summed E-state index contributed by atoms with van der Waals surface area (Å²) in [6, 6.07) is 3.53. The fourth-order valence-corrected chi connectivity index (χ4v) is 4.14. The lowest BCUT2D eigenvalue weighted by Gasteiger charge is -2.70. The van der Waals surface area contributed by atoms with Gasteiger partial charge in [-0.15, -0.1) is 0 Å². The van der Waals surface area contributed by atoms with Crippen LogP contribution in [-0.2, 0) is 4.79 Å². The van der Waals surface area contributed by atoms with Crippen molar-refractivity contribution in [3.05, 3.63) is 35.4 Å². The molecule has 0 N–H and O–H groups in total. The molecule has 3 saturated carbocycles. The first kappa shape index (κ1) is 13.7. The number of carbonyl (C=O) groups is 1. The number of halogens is 2. The van der Waals surface area contributed by atoms with E-state index in [1.54, 1.807) is 0 Å². The van der Waals surface area contributed by atoms with Crippen LogP contribution in [-0.4, -0.2) is 5.78 Å². The lowest BCUT2D eigenvalue weighted by atomic mass is 9.33. The maximum Gasteiger partial charge on any atom is 0.139 e. The summed E-state index contributed by atoms with van der Waals surface area (Å²) >= 11 is 0. The predicted octanol–water partition coefficient (Wildman–Crippen LogP) is 4.61. The largest absolute Gasteiger partial charge is 0.299 e. The first-order valence-electron chi connectivity index (χ1n) is 7.37. The summed E-state index contributed by atoms with van der Waals surface area (Å²) < 4.78 is 26.4. The second-order valence-electron chi connectivity index (χ2n) is 6.90. The Balaban J connectivity index is 1.65. The van der Waals surface area contributed by atoms with E-state index in [1.165, 1.54) is 12.1 Å². The third-order valence-electron chi connectivity index (χ3n) is 5.43. The molecule has 1 aromatic carbocycles. The highest BCUT2D eigenvalue weighted by Crippen LogP contribution is 2.75. The van der Waals surface area contributed by atoms with Gasteiger partial charge in [-0.3, -0.25) is 4.79 Å². The lowest BCUT2D eigenvalue weighted by molar-refractivity contribution is -0.206. The Hall–Kier alpha value is -1.25. The van der Waals surface area contributed by atoms with Crippen LogP contribution < -0.4 is 0 Å². The molecule has 20 heavy (non-hydrogen) atoms. The van der Waals surface area contributed by atoms with Crippen LogP contribution in [0.1, 0.15) is 57.4 Å². The zero-order valence-corrected chi connectivity index (χ0v) is 12.0. The number of hydrogen-bond donors (Lipinski definition) is 0. The molecular formula is C17H20F2O. The number of ketones is 1. The van der Waals surface area contributed by atoms with Gasteiger partial charge in [-0.1, -0.05) is 20.3 Å². The van der Waals surface area contributed by atoms with Crippen molar-refractivity contribution < 1.29 is 13.6 Å². The second kappa shape index (κ2) is 4.37. The number of rotatable bonds is 5. The van der Waals surface area contributed by atoms with Crippen molar-refractivity contribution in [3.8, 4) is 0 Å². The van der Waals surface area contributed by atoms with Gasteiger partial charge in [0.1, 0.15) is 17.4 Å². The van der Waals surface area contributed by atoms with Crippen molar-refractivity contribution in [2.24, 2.45) is 10.8 Å². The maximum atomic E-state index is 13.2. The minimum Gasteiger partial charge on any atom is -0.299 e. The Labute approximate surface area is 118 Å². The SMILES string of the molecule is CCC12CC(C(=O)C[C@@H](C)c3cc(F)cc(F)c3)(C1)C2. The monoisotopic (exact) mass is 278 g/mol. The first-order valence-corrected chi connectivity index (χ1v) is 7.37. The second-order valence-corrected chi connectivity index (χ2v) is 6.90. The summed E-state index contributed by atoms with van der Waals surface area (Å²) in [5.74, 6) is -0.992. The molecule has 1 aromatic rings. The smallest absolute Gasteiger partial charge is 0.139 e. The van der Waals surface area contributed by atoms with Crippen LogP contribution in [0.2, 0.25) is 0 Å². The van der Waals surface area contributed by atoms with Crippen LogP contribution in [0.3, 0.4) is 0 Å². The standard InChI is InChI=1S/C17H20F2O/c1-3-16-8-17(9-16,10-16)15(20)4-11(2)12-5-13(18)7-14(19)6-12/h5-7,11H,3-4,8-10H2,1-2H3/t11-,16?,17?/m1/s1. The minimum atomic E-state index is -0.574. The van der Waals surface area contributed by atoms with Crippen LogP contribution in [0.5, 0.6) is 0 Å². The lowest BCUT2D eigenvalue weighted by Crippen LogP contribution is -2.65. The van der Waals surface area contributed by atoms with Crippen molar-refractivity contribution in [1.82, 2.24) is 0 Å². The van der Waals surface area contributed by atoms with Crippen molar-refractivity contribution in [2.75, 3.05) is 0 Å². The third kappa shape index (κ3) is 1.99. The molecule has 2 bridgehead atoms. The molecule has 3 aliphatic carbocycles. The molecule has 0 unspecified atom stereocenters. The predicted molar refractivity (Wildman–Crippen MR) is 73.4 cm³/mol. The van der Waals surface area contributed by atoms with Crippen LogP contribution in [0, 0.1) is 22.5 Å². The first-order chi connectivity index (χ1) is 9.38. The van der Waals surface area contributed by atoms with Gasteiger partial charge in [0.15, 0.2) is 0 Å². The number of Topliss-reactive ketones (excluding diaryl/α,β-unsaturated/α-hetero) is 1. The highest BCUT2D eigenvalue weighted by Gasteiger charge is 2.69. The fourth-order valence-electron chi connectivity index (χ4n) is 4.14. The van der Waals surface area contributed by atoms with Crippen molar-refractivity contribution >= 4 is 5.78 Å². The van der Waals surface area contributed by atoms with E-state index < -0.39 is 11.6 Å². The molecule has 1 atom stereocenters. The highest BCUT2D eigenvalue weighted by atomic mass is 19.1. The van der Waals surface area contributed by atoms with Gasteiger partial charge in [-0.2, -0.15) is 0 Å². The van der Waals surface area contributed by atoms with Gasteiger partial charge in [0.05, 0.1) is 0 Å². The highest BCUT2D eigenvalue weighted by molar-refractivity contribution is 5.89. The molecule has 3 heteroatoms. The van der Waals surface area contributed by atoms with E-state index in [0.29, 0.717) is 17.4 Å². The van der Waals surface area contributed by atoms with Crippen molar-refractivity contribution in [3.63, 3.8) is 0 Å². The normalized spacial score (nSPS) is 32.2. The molecule has 108 valence electrons. The average Bonchev–Trinajstić information content (AvgIpc) is 2.24. The third-order valence-corrected chi connectivity index (χ3v) is 5.43. The van der Waals surface area contributed by atoms with E-state index in [2.05, 4.69) is 6.92 Å². The molecule has 3 aliphatic rings. The molecule has 0 aliphatic heterocycles. The zero-order chi connectivity index (χ0) is 14.5. The Kier molecular flexibility index (Phi) is 3.00. The quantitative estimate of drug-likeness (QED) is 0.768. The summed E-state index contributed by atoms with van der Waals surface area (Å²) in [5.41, 5.74) is 0.938. The van der Waals surface area contributed by atoms with E-state index in [9.17, 15) is 13.6 Å². The summed E-state index contributed by atoms with van der Waals surface area (Å²) in [6.07, 6.45) is 4.63. The summed E-state index contributed by atoms with van der Waals surface area (Å²) in [4.78, 5) is 12.4. The average molecular weight is 278 g/mol. The Bertz CT molecular complexity index is 524. The molecular weight excluding hydrogens is 258 g/mol. The number of benzene rings is 1. The fraction of sp³-hybridized carbons (Fsp3) is 0.588. The van der Waals surface area contributed by atoms with Gasteiger partial charge in [-0.05, 0) is 48.3 Å². The molecule has 0 spiro atoms. The topological polar surface area (TPSA) is 17.1 Å². The van der Waals surface area contributed by atoms with Crippen LogP contribution in [0.15, 0.2) is 18.2 Å². The van der Waals surface area contributed by atoms with Crippen LogP contribution >= 0.6 is 0 Å². The minimum absolute atomic E-state index is 0.0872. The van der Waals surface area contributed by atoms with Gasteiger partial charge in [0.25, 0.3) is 0 Å². The van der Waals surface area contributed by atoms with Crippen LogP contribution in [0.25, 0.3) is 0 Å². The molecule has 4 rings (SSSR count). The van der Waals surface area contributed by atoms with E-state index >= 15 is 0 Å². The van der Waals surface area contributed by atoms with Crippen LogP contribution in [0.4, 0.5) is 8.78 Å². The maximum absolute atomic E-state index is 13.2. The van der Waals surface area contributed by atoms with Gasteiger partial charge >= 0.3 is 0 Å². The number of hydrogen-bond acceptors (Lipinski definition) is 1. The molecule has 0 radical (unpaired) electrons. The Morgan fingerprint density at radius 2 is 1.75 bits per heavy atom. The molecule has 0 amide bonds. The van der Waals surface area contributed by atoms with E-state index in [4.69, 9.17) is 0 Å². The van der Waals surface area contributed by atoms with E-state index in [0.717, 1.165) is 31.7 Å².